The second-order valence-corrected chi connectivity index (χ2v) is 3.98. The summed E-state index contributed by atoms with van der Waals surface area (Å²) in [5.74, 6) is -0.0818. The SMILES string of the molecule is NCC1CCCN1C(=O)c1ccoc1Cl. The number of furan rings is 1. The molecule has 4 nitrogen and oxygen atoms in total. The molecule has 0 aromatic carbocycles. The van der Waals surface area contributed by atoms with E-state index in [1.54, 1.807) is 11.0 Å². The van der Waals surface area contributed by atoms with Gasteiger partial charge in [0.05, 0.1) is 11.8 Å². The van der Waals surface area contributed by atoms with Crippen LogP contribution in [0, 0.1) is 0 Å². The van der Waals surface area contributed by atoms with Crippen molar-refractivity contribution in [2.45, 2.75) is 18.9 Å². The third-order valence-corrected chi connectivity index (χ3v) is 3.05. The van der Waals surface area contributed by atoms with Crippen molar-refractivity contribution >= 4 is 17.5 Å². The number of rotatable bonds is 2. The molecule has 1 aromatic heterocycles. The summed E-state index contributed by atoms with van der Waals surface area (Å²) in [5, 5.41) is 0.155. The van der Waals surface area contributed by atoms with Gasteiger partial charge in [0.2, 0.25) is 5.22 Å². The molecule has 5 heteroatoms. The number of hydrogen-bond acceptors (Lipinski definition) is 3. The Hall–Kier alpha value is -1.00. The van der Waals surface area contributed by atoms with E-state index < -0.39 is 0 Å². The molecule has 1 unspecified atom stereocenters. The number of amides is 1. The first kappa shape index (κ1) is 10.5. The predicted molar refractivity (Wildman–Crippen MR) is 56.8 cm³/mol. The summed E-state index contributed by atoms with van der Waals surface area (Å²) in [5.41, 5.74) is 6.03. The van der Waals surface area contributed by atoms with Crippen LogP contribution >= 0.6 is 11.6 Å². The molecule has 0 spiro atoms. The van der Waals surface area contributed by atoms with E-state index in [9.17, 15) is 4.79 Å². The van der Waals surface area contributed by atoms with Gasteiger partial charge in [-0.1, -0.05) is 0 Å². The smallest absolute Gasteiger partial charge is 0.259 e. The normalized spacial score (nSPS) is 20.9. The monoisotopic (exact) mass is 228 g/mol. The maximum Gasteiger partial charge on any atom is 0.259 e. The summed E-state index contributed by atoms with van der Waals surface area (Å²) < 4.78 is 4.90. The molecule has 1 fully saturated rings. The second kappa shape index (κ2) is 4.24. The van der Waals surface area contributed by atoms with Crippen LogP contribution in [0.3, 0.4) is 0 Å². The highest BCUT2D eigenvalue weighted by atomic mass is 35.5. The highest BCUT2D eigenvalue weighted by Crippen LogP contribution is 2.23. The minimum absolute atomic E-state index is 0.0818. The van der Waals surface area contributed by atoms with Gasteiger partial charge in [-0.25, -0.2) is 0 Å². The van der Waals surface area contributed by atoms with Crippen molar-refractivity contribution in [2.75, 3.05) is 13.1 Å². The van der Waals surface area contributed by atoms with Crippen LogP contribution in [0.1, 0.15) is 23.2 Å². The molecule has 0 radical (unpaired) electrons. The Labute approximate surface area is 93.0 Å². The standard InChI is InChI=1S/C10H13ClN2O2/c11-9-8(3-5-15-9)10(14)13-4-1-2-7(13)6-12/h3,5,7H,1-2,4,6,12H2. The highest BCUT2D eigenvalue weighted by molar-refractivity contribution is 6.32. The molecule has 82 valence electrons. The molecule has 1 aliphatic heterocycles. The predicted octanol–water partition coefficient (Wildman–Crippen LogP) is 1.50. The molecule has 0 bridgehead atoms. The topological polar surface area (TPSA) is 59.5 Å². The first-order chi connectivity index (χ1) is 7.24. The molecule has 1 aliphatic rings. The van der Waals surface area contributed by atoms with Crippen molar-refractivity contribution < 1.29 is 9.21 Å². The summed E-state index contributed by atoms with van der Waals surface area (Å²) in [4.78, 5) is 13.8. The first-order valence-corrected chi connectivity index (χ1v) is 5.36. The molecule has 1 saturated heterocycles. The zero-order valence-corrected chi connectivity index (χ0v) is 9.04. The van der Waals surface area contributed by atoms with Gasteiger partial charge in [-0.15, -0.1) is 0 Å². The summed E-state index contributed by atoms with van der Waals surface area (Å²) >= 11 is 5.76. The lowest BCUT2D eigenvalue weighted by atomic mass is 10.2. The lowest BCUT2D eigenvalue weighted by Crippen LogP contribution is -2.39. The van der Waals surface area contributed by atoms with Crippen molar-refractivity contribution in [2.24, 2.45) is 5.73 Å². The first-order valence-electron chi connectivity index (χ1n) is 4.98. The van der Waals surface area contributed by atoms with E-state index in [0.29, 0.717) is 12.1 Å². The molecule has 0 aliphatic carbocycles. The molecule has 2 heterocycles. The van der Waals surface area contributed by atoms with Gasteiger partial charge in [0.15, 0.2) is 0 Å². The van der Waals surface area contributed by atoms with E-state index >= 15 is 0 Å². The van der Waals surface area contributed by atoms with Crippen molar-refractivity contribution in [3.8, 4) is 0 Å². The van der Waals surface area contributed by atoms with E-state index in [1.807, 2.05) is 0 Å². The highest BCUT2D eigenvalue weighted by Gasteiger charge is 2.30. The summed E-state index contributed by atoms with van der Waals surface area (Å²) in [7, 11) is 0. The van der Waals surface area contributed by atoms with Gasteiger partial charge < -0.3 is 15.1 Å². The molecule has 1 aromatic rings. The fraction of sp³-hybridized carbons (Fsp3) is 0.500. The number of nitrogens with zero attached hydrogens (tertiary/aromatic N) is 1. The number of likely N-dealkylation sites (tertiary alicyclic amines) is 1. The average Bonchev–Trinajstić information content (AvgIpc) is 2.84. The maximum absolute atomic E-state index is 12.0. The van der Waals surface area contributed by atoms with Crippen molar-refractivity contribution in [3.05, 3.63) is 23.1 Å². The number of halogens is 1. The Morgan fingerprint density at radius 1 is 1.73 bits per heavy atom. The fourth-order valence-corrected chi connectivity index (χ4v) is 2.14. The summed E-state index contributed by atoms with van der Waals surface area (Å²) in [6.07, 6.45) is 3.39. The van der Waals surface area contributed by atoms with E-state index in [-0.39, 0.29) is 17.2 Å². The van der Waals surface area contributed by atoms with Gasteiger partial charge in [0.1, 0.15) is 0 Å². The van der Waals surface area contributed by atoms with Crippen LogP contribution in [0.2, 0.25) is 5.22 Å². The fourth-order valence-electron chi connectivity index (χ4n) is 1.95. The Morgan fingerprint density at radius 3 is 3.13 bits per heavy atom. The molecule has 0 saturated carbocycles. The Bertz CT molecular complexity index is 364. The van der Waals surface area contributed by atoms with Gasteiger partial charge in [0, 0.05) is 19.1 Å². The van der Waals surface area contributed by atoms with E-state index in [2.05, 4.69) is 0 Å². The van der Waals surface area contributed by atoms with E-state index in [4.69, 9.17) is 21.8 Å². The Morgan fingerprint density at radius 2 is 2.53 bits per heavy atom. The Kier molecular flexibility index (Phi) is 2.98. The van der Waals surface area contributed by atoms with E-state index in [0.717, 1.165) is 19.4 Å². The van der Waals surface area contributed by atoms with Gasteiger partial charge in [0.25, 0.3) is 5.91 Å². The van der Waals surface area contributed by atoms with Gasteiger partial charge in [-0.05, 0) is 30.5 Å². The molecule has 1 atom stereocenters. The van der Waals surface area contributed by atoms with Crippen LogP contribution in [-0.4, -0.2) is 29.9 Å². The molecule has 2 N–H and O–H groups in total. The minimum Gasteiger partial charge on any atom is -0.452 e. The molecule has 15 heavy (non-hydrogen) atoms. The van der Waals surface area contributed by atoms with E-state index in [1.165, 1.54) is 6.26 Å². The quantitative estimate of drug-likeness (QED) is 0.835. The summed E-state index contributed by atoms with van der Waals surface area (Å²) in [6, 6.07) is 1.74. The minimum atomic E-state index is -0.0818. The number of hydrogen-bond donors (Lipinski definition) is 1. The molecule has 2 rings (SSSR count). The van der Waals surface area contributed by atoms with Crippen LogP contribution in [0.25, 0.3) is 0 Å². The van der Waals surface area contributed by atoms with Crippen molar-refractivity contribution in [1.82, 2.24) is 4.90 Å². The van der Waals surface area contributed by atoms with Crippen molar-refractivity contribution in [3.63, 3.8) is 0 Å². The summed E-state index contributed by atoms with van der Waals surface area (Å²) in [6.45, 7) is 1.25. The zero-order valence-electron chi connectivity index (χ0n) is 8.28. The largest absolute Gasteiger partial charge is 0.452 e. The van der Waals surface area contributed by atoms with Crippen LogP contribution in [0.4, 0.5) is 0 Å². The average molecular weight is 229 g/mol. The number of carbonyl (C=O) groups excluding carboxylic acids is 1. The Balaban J connectivity index is 2.18. The number of carbonyl (C=O) groups is 1. The van der Waals surface area contributed by atoms with Crippen LogP contribution in [-0.2, 0) is 0 Å². The lowest BCUT2D eigenvalue weighted by molar-refractivity contribution is 0.0740. The molecular weight excluding hydrogens is 216 g/mol. The van der Waals surface area contributed by atoms with Gasteiger partial charge in [-0.3, -0.25) is 4.79 Å². The second-order valence-electron chi connectivity index (χ2n) is 3.64. The van der Waals surface area contributed by atoms with Crippen LogP contribution in [0.5, 0.6) is 0 Å². The molecular formula is C10H13ClN2O2. The third kappa shape index (κ3) is 1.87. The number of nitrogens with two attached hydrogens (primary N) is 1. The van der Waals surface area contributed by atoms with Gasteiger partial charge in [-0.2, -0.15) is 0 Å². The zero-order chi connectivity index (χ0) is 10.8. The van der Waals surface area contributed by atoms with Crippen LogP contribution in [0.15, 0.2) is 16.7 Å². The van der Waals surface area contributed by atoms with Crippen LogP contribution < -0.4 is 5.73 Å². The van der Waals surface area contributed by atoms with Gasteiger partial charge >= 0.3 is 0 Å². The third-order valence-electron chi connectivity index (χ3n) is 2.76. The lowest BCUT2D eigenvalue weighted by Gasteiger charge is -2.22. The molecule has 1 amide bonds. The van der Waals surface area contributed by atoms with Crippen molar-refractivity contribution in [1.29, 1.82) is 0 Å². The maximum atomic E-state index is 12.0.